The number of amides is 1. The Balaban J connectivity index is 1.39. The van der Waals surface area contributed by atoms with Crippen molar-refractivity contribution in [3.05, 3.63) is 66.2 Å². The molecular weight excluding hydrogens is 345 g/mol. The van der Waals surface area contributed by atoms with Gasteiger partial charge in [0, 0.05) is 35.2 Å². The van der Waals surface area contributed by atoms with Crippen LogP contribution in [0.5, 0.6) is 5.75 Å². The average molecular weight is 365 g/mol. The molecule has 0 aliphatic rings. The summed E-state index contributed by atoms with van der Waals surface area (Å²) in [5.74, 6) is 0.460. The number of carbonyl (C=O) groups is 1. The Labute approximate surface area is 155 Å². The van der Waals surface area contributed by atoms with E-state index in [-0.39, 0.29) is 18.3 Å². The third-order valence-corrected chi connectivity index (χ3v) is 4.75. The minimum Gasteiger partial charge on any atom is -0.496 e. The maximum Gasteiger partial charge on any atom is 0.239 e. The van der Waals surface area contributed by atoms with E-state index < -0.39 is 0 Å². The fraction of sp³-hybridized carbons (Fsp3) is 0.190. The number of aromatic amines is 1. The molecule has 0 radical (unpaired) electrons. The van der Waals surface area contributed by atoms with Crippen LogP contribution in [0.1, 0.15) is 5.56 Å². The highest BCUT2D eigenvalue weighted by molar-refractivity contribution is 5.88. The number of halogens is 1. The molecule has 0 aliphatic heterocycles. The average Bonchev–Trinajstić information content (AvgIpc) is 3.26. The van der Waals surface area contributed by atoms with E-state index in [9.17, 15) is 9.18 Å². The summed E-state index contributed by atoms with van der Waals surface area (Å²) in [5, 5.41) is 4.77. The molecule has 2 heterocycles. The van der Waals surface area contributed by atoms with Crippen LogP contribution in [0.3, 0.4) is 0 Å². The van der Waals surface area contributed by atoms with Gasteiger partial charge in [0.1, 0.15) is 18.1 Å². The second-order valence-electron chi connectivity index (χ2n) is 6.44. The third kappa shape index (κ3) is 3.38. The standard InChI is InChI=1S/C21H20FN3O2/c1-27-20-4-2-3-19-16(20)8-10-25(19)13-21(26)23-9-7-14-12-24-18-6-5-15(22)11-17(14)18/h2-6,8,10-12,24H,7,9,13H2,1H3,(H,23,26). The highest BCUT2D eigenvalue weighted by Crippen LogP contribution is 2.26. The number of nitrogens with one attached hydrogen (secondary N) is 2. The lowest BCUT2D eigenvalue weighted by atomic mass is 10.1. The van der Waals surface area contributed by atoms with E-state index in [4.69, 9.17) is 4.74 Å². The first kappa shape index (κ1) is 17.1. The number of methoxy groups -OCH3 is 1. The second kappa shape index (κ2) is 7.15. The van der Waals surface area contributed by atoms with Gasteiger partial charge < -0.3 is 19.6 Å². The van der Waals surface area contributed by atoms with E-state index in [0.717, 1.165) is 33.1 Å². The van der Waals surface area contributed by atoms with Gasteiger partial charge in [0.15, 0.2) is 0 Å². The Hall–Kier alpha value is -3.28. The van der Waals surface area contributed by atoms with E-state index in [1.807, 2.05) is 41.2 Å². The first-order valence-corrected chi connectivity index (χ1v) is 8.80. The van der Waals surface area contributed by atoms with Crippen LogP contribution in [0.4, 0.5) is 4.39 Å². The number of aromatic nitrogens is 2. The zero-order valence-electron chi connectivity index (χ0n) is 15.0. The summed E-state index contributed by atoms with van der Waals surface area (Å²) in [6.45, 7) is 0.726. The number of ether oxygens (including phenoxy) is 1. The molecule has 4 rings (SSSR count). The molecule has 0 bridgehead atoms. The van der Waals surface area contributed by atoms with Gasteiger partial charge in [-0.25, -0.2) is 4.39 Å². The van der Waals surface area contributed by atoms with Crippen LogP contribution in [0.2, 0.25) is 0 Å². The van der Waals surface area contributed by atoms with E-state index in [1.54, 1.807) is 13.2 Å². The van der Waals surface area contributed by atoms with Gasteiger partial charge in [-0.1, -0.05) is 6.07 Å². The molecule has 0 atom stereocenters. The summed E-state index contributed by atoms with van der Waals surface area (Å²) >= 11 is 0. The fourth-order valence-corrected chi connectivity index (χ4v) is 3.42. The molecule has 0 aliphatic carbocycles. The molecule has 0 saturated carbocycles. The summed E-state index contributed by atoms with van der Waals surface area (Å²) in [6.07, 6.45) is 4.38. The fourth-order valence-electron chi connectivity index (χ4n) is 3.42. The predicted octanol–water partition coefficient (Wildman–Crippen LogP) is 3.63. The van der Waals surface area contributed by atoms with Gasteiger partial charge in [-0.3, -0.25) is 4.79 Å². The lowest BCUT2D eigenvalue weighted by Gasteiger charge is -2.08. The van der Waals surface area contributed by atoms with Gasteiger partial charge in [-0.05, 0) is 48.4 Å². The first-order chi connectivity index (χ1) is 13.2. The van der Waals surface area contributed by atoms with E-state index in [2.05, 4.69) is 10.3 Å². The zero-order valence-corrected chi connectivity index (χ0v) is 15.0. The van der Waals surface area contributed by atoms with Gasteiger partial charge in [0.2, 0.25) is 5.91 Å². The molecule has 4 aromatic rings. The molecule has 1 amide bonds. The van der Waals surface area contributed by atoms with Crippen molar-refractivity contribution in [2.75, 3.05) is 13.7 Å². The van der Waals surface area contributed by atoms with Crippen molar-refractivity contribution in [3.8, 4) is 5.75 Å². The van der Waals surface area contributed by atoms with Crippen molar-refractivity contribution in [2.45, 2.75) is 13.0 Å². The third-order valence-electron chi connectivity index (χ3n) is 4.75. The maximum atomic E-state index is 13.4. The smallest absolute Gasteiger partial charge is 0.239 e. The van der Waals surface area contributed by atoms with Gasteiger partial charge >= 0.3 is 0 Å². The first-order valence-electron chi connectivity index (χ1n) is 8.80. The molecule has 2 N–H and O–H groups in total. The Morgan fingerprint density at radius 3 is 2.96 bits per heavy atom. The Morgan fingerprint density at radius 1 is 1.22 bits per heavy atom. The highest BCUT2D eigenvalue weighted by Gasteiger charge is 2.10. The van der Waals surface area contributed by atoms with Crippen molar-refractivity contribution < 1.29 is 13.9 Å². The van der Waals surface area contributed by atoms with Crippen LogP contribution in [-0.4, -0.2) is 29.1 Å². The van der Waals surface area contributed by atoms with Gasteiger partial charge in [-0.15, -0.1) is 0 Å². The van der Waals surface area contributed by atoms with Gasteiger partial charge in [0.05, 0.1) is 12.6 Å². The van der Waals surface area contributed by atoms with Crippen LogP contribution in [-0.2, 0) is 17.8 Å². The molecule has 27 heavy (non-hydrogen) atoms. The van der Waals surface area contributed by atoms with Crippen LogP contribution < -0.4 is 10.1 Å². The van der Waals surface area contributed by atoms with Gasteiger partial charge in [0.25, 0.3) is 0 Å². The van der Waals surface area contributed by atoms with Crippen molar-refractivity contribution in [1.82, 2.24) is 14.9 Å². The second-order valence-corrected chi connectivity index (χ2v) is 6.44. The topological polar surface area (TPSA) is 59.0 Å². The minimum absolute atomic E-state index is 0.0682. The predicted molar refractivity (Wildman–Crippen MR) is 103 cm³/mol. The molecule has 2 aromatic carbocycles. The van der Waals surface area contributed by atoms with Crippen LogP contribution >= 0.6 is 0 Å². The number of benzene rings is 2. The van der Waals surface area contributed by atoms with Crippen LogP contribution in [0, 0.1) is 5.82 Å². The summed E-state index contributed by atoms with van der Waals surface area (Å²) in [6, 6.07) is 12.4. The van der Waals surface area contributed by atoms with Crippen molar-refractivity contribution >= 4 is 27.7 Å². The van der Waals surface area contributed by atoms with Crippen LogP contribution in [0.15, 0.2) is 54.9 Å². The minimum atomic E-state index is -0.262. The van der Waals surface area contributed by atoms with E-state index >= 15 is 0 Å². The molecule has 5 nitrogen and oxygen atoms in total. The lowest BCUT2D eigenvalue weighted by molar-refractivity contribution is -0.121. The molecule has 0 spiro atoms. The number of nitrogens with zero attached hydrogens (tertiary/aromatic N) is 1. The van der Waals surface area contributed by atoms with E-state index in [0.29, 0.717) is 13.0 Å². The Morgan fingerprint density at radius 2 is 2.11 bits per heavy atom. The van der Waals surface area contributed by atoms with E-state index in [1.165, 1.54) is 12.1 Å². The molecule has 138 valence electrons. The van der Waals surface area contributed by atoms with Gasteiger partial charge in [-0.2, -0.15) is 0 Å². The maximum absolute atomic E-state index is 13.4. The number of fused-ring (bicyclic) bond motifs is 2. The number of hydrogen-bond acceptors (Lipinski definition) is 2. The quantitative estimate of drug-likeness (QED) is 0.548. The zero-order chi connectivity index (χ0) is 18.8. The molecule has 2 aromatic heterocycles. The Kier molecular flexibility index (Phi) is 4.54. The summed E-state index contributed by atoms with van der Waals surface area (Å²) in [4.78, 5) is 15.4. The van der Waals surface area contributed by atoms with Crippen molar-refractivity contribution in [3.63, 3.8) is 0 Å². The Bertz CT molecular complexity index is 1110. The highest BCUT2D eigenvalue weighted by atomic mass is 19.1. The monoisotopic (exact) mass is 365 g/mol. The SMILES string of the molecule is COc1cccc2c1ccn2CC(=O)NCCc1c[nH]c2ccc(F)cc12. The summed E-state index contributed by atoms with van der Waals surface area (Å²) in [7, 11) is 1.63. The number of hydrogen-bond donors (Lipinski definition) is 2. The van der Waals surface area contributed by atoms with Crippen molar-refractivity contribution in [1.29, 1.82) is 0 Å². The molecule has 0 unspecified atom stereocenters. The molecule has 0 saturated heterocycles. The molecule has 0 fully saturated rings. The summed E-state index contributed by atoms with van der Waals surface area (Å²) in [5.41, 5.74) is 2.84. The summed E-state index contributed by atoms with van der Waals surface area (Å²) < 4.78 is 20.7. The molecule has 6 heteroatoms. The number of rotatable bonds is 6. The molecular formula is C21H20FN3O2. The number of carbonyl (C=O) groups excluding carboxylic acids is 1. The number of H-pyrrole nitrogens is 1. The normalized spacial score (nSPS) is 11.2. The largest absolute Gasteiger partial charge is 0.496 e. The van der Waals surface area contributed by atoms with Crippen molar-refractivity contribution in [2.24, 2.45) is 0 Å². The van der Waals surface area contributed by atoms with Crippen LogP contribution in [0.25, 0.3) is 21.8 Å². The lowest BCUT2D eigenvalue weighted by Crippen LogP contribution is -2.29.